The highest BCUT2D eigenvalue weighted by atomic mass is 79.9. The fraction of sp³-hybridized carbons (Fsp3) is 0.364. The van der Waals surface area contributed by atoms with Crippen LogP contribution in [0.2, 0.25) is 0 Å². The summed E-state index contributed by atoms with van der Waals surface area (Å²) in [5.41, 5.74) is 0.242. The number of carbonyl (C=O) groups is 1. The first-order chi connectivity index (χ1) is 8.01. The maximum absolute atomic E-state index is 12.1. The Labute approximate surface area is 108 Å². The van der Waals surface area contributed by atoms with Crippen molar-refractivity contribution in [1.29, 1.82) is 0 Å². The molecule has 0 fully saturated rings. The van der Waals surface area contributed by atoms with E-state index in [-0.39, 0.29) is 11.6 Å². The fourth-order valence-corrected chi connectivity index (χ4v) is 1.89. The van der Waals surface area contributed by atoms with Gasteiger partial charge in [0.2, 0.25) is 0 Å². The number of non-ortho nitro benzene ring substituents is 1. The molecule has 0 saturated carbocycles. The molecule has 1 rings (SSSR count). The Morgan fingerprint density at radius 1 is 1.41 bits per heavy atom. The first kappa shape index (κ1) is 13.6. The van der Waals surface area contributed by atoms with E-state index in [9.17, 15) is 14.9 Å². The van der Waals surface area contributed by atoms with Gasteiger partial charge in [-0.2, -0.15) is 0 Å². The van der Waals surface area contributed by atoms with Crippen LogP contribution < -0.4 is 0 Å². The van der Waals surface area contributed by atoms with E-state index in [0.29, 0.717) is 23.1 Å². The van der Waals surface area contributed by atoms with Crippen molar-refractivity contribution in [3.63, 3.8) is 0 Å². The monoisotopic (exact) mass is 300 g/mol. The quantitative estimate of drug-likeness (QED) is 0.634. The topological polar surface area (TPSA) is 63.5 Å². The SMILES string of the molecule is CCN(CC)C(=O)c1cc([N+](=O)[O-])ccc1Br. The normalized spacial score (nSPS) is 10.1. The van der Waals surface area contributed by atoms with Crippen molar-refractivity contribution in [3.05, 3.63) is 38.3 Å². The molecule has 0 spiro atoms. The van der Waals surface area contributed by atoms with Crippen LogP contribution in [0, 0.1) is 10.1 Å². The maximum Gasteiger partial charge on any atom is 0.270 e. The van der Waals surface area contributed by atoms with Gasteiger partial charge >= 0.3 is 0 Å². The number of halogens is 1. The zero-order valence-corrected chi connectivity index (χ0v) is 11.2. The molecule has 1 aromatic carbocycles. The molecule has 0 unspecified atom stereocenters. The van der Waals surface area contributed by atoms with Crippen LogP contribution in [0.1, 0.15) is 24.2 Å². The third-order valence-electron chi connectivity index (χ3n) is 2.44. The van der Waals surface area contributed by atoms with Gasteiger partial charge in [0.25, 0.3) is 11.6 Å². The van der Waals surface area contributed by atoms with Crippen molar-refractivity contribution in [2.24, 2.45) is 0 Å². The first-order valence-electron chi connectivity index (χ1n) is 5.24. The standard InChI is InChI=1S/C11H13BrN2O3/c1-3-13(4-2)11(15)9-7-8(14(16)17)5-6-10(9)12/h5-7H,3-4H2,1-2H3. The molecule has 0 aliphatic rings. The van der Waals surface area contributed by atoms with E-state index in [1.165, 1.54) is 18.2 Å². The van der Waals surface area contributed by atoms with E-state index in [4.69, 9.17) is 0 Å². The summed E-state index contributed by atoms with van der Waals surface area (Å²) in [7, 11) is 0. The van der Waals surface area contributed by atoms with Crippen LogP contribution in [-0.4, -0.2) is 28.8 Å². The van der Waals surface area contributed by atoms with Gasteiger partial charge in [0.05, 0.1) is 10.5 Å². The van der Waals surface area contributed by atoms with E-state index < -0.39 is 4.92 Å². The van der Waals surface area contributed by atoms with Crippen LogP contribution in [0.5, 0.6) is 0 Å². The van der Waals surface area contributed by atoms with Gasteiger partial charge in [-0.3, -0.25) is 14.9 Å². The lowest BCUT2D eigenvalue weighted by Gasteiger charge is -2.19. The highest BCUT2D eigenvalue weighted by molar-refractivity contribution is 9.10. The Kier molecular flexibility index (Phi) is 4.62. The van der Waals surface area contributed by atoms with E-state index in [1.807, 2.05) is 13.8 Å². The smallest absolute Gasteiger partial charge is 0.270 e. The van der Waals surface area contributed by atoms with E-state index in [1.54, 1.807) is 4.90 Å². The Balaban J connectivity index is 3.16. The minimum absolute atomic E-state index is 0.0799. The largest absolute Gasteiger partial charge is 0.339 e. The molecule has 0 bridgehead atoms. The van der Waals surface area contributed by atoms with Crippen molar-refractivity contribution in [2.45, 2.75) is 13.8 Å². The summed E-state index contributed by atoms with van der Waals surface area (Å²) >= 11 is 3.24. The second-order valence-electron chi connectivity index (χ2n) is 3.40. The zero-order chi connectivity index (χ0) is 13.0. The molecule has 1 amide bonds. The molecular formula is C11H13BrN2O3. The van der Waals surface area contributed by atoms with Crippen LogP contribution >= 0.6 is 15.9 Å². The number of nitro groups is 1. The summed E-state index contributed by atoms with van der Waals surface area (Å²) in [5, 5.41) is 10.7. The van der Waals surface area contributed by atoms with Crippen molar-refractivity contribution in [3.8, 4) is 0 Å². The number of hydrogen-bond donors (Lipinski definition) is 0. The summed E-state index contributed by atoms with van der Waals surface area (Å²) < 4.78 is 0.569. The van der Waals surface area contributed by atoms with Crippen LogP contribution in [0.4, 0.5) is 5.69 Å². The fourth-order valence-electron chi connectivity index (χ4n) is 1.47. The minimum Gasteiger partial charge on any atom is -0.339 e. The Hall–Kier alpha value is -1.43. The highest BCUT2D eigenvalue weighted by Gasteiger charge is 2.18. The summed E-state index contributed by atoms with van der Waals surface area (Å²) in [4.78, 5) is 23.8. The van der Waals surface area contributed by atoms with Gasteiger partial charge in [-0.15, -0.1) is 0 Å². The highest BCUT2D eigenvalue weighted by Crippen LogP contribution is 2.23. The molecule has 0 atom stereocenters. The Bertz CT molecular complexity index is 444. The van der Waals surface area contributed by atoms with Gasteiger partial charge in [0.15, 0.2) is 0 Å². The Morgan fingerprint density at radius 3 is 2.47 bits per heavy atom. The van der Waals surface area contributed by atoms with Crippen molar-refractivity contribution < 1.29 is 9.72 Å². The van der Waals surface area contributed by atoms with Crippen LogP contribution in [-0.2, 0) is 0 Å². The second kappa shape index (κ2) is 5.77. The van der Waals surface area contributed by atoms with Gasteiger partial charge in [-0.1, -0.05) is 0 Å². The van der Waals surface area contributed by atoms with Gasteiger partial charge in [0.1, 0.15) is 0 Å². The third-order valence-corrected chi connectivity index (χ3v) is 3.13. The Morgan fingerprint density at radius 2 is 2.00 bits per heavy atom. The minimum atomic E-state index is -0.508. The first-order valence-corrected chi connectivity index (χ1v) is 6.03. The number of nitrogens with zero attached hydrogens (tertiary/aromatic N) is 2. The lowest BCUT2D eigenvalue weighted by molar-refractivity contribution is -0.384. The average Bonchev–Trinajstić information content (AvgIpc) is 2.30. The summed E-state index contributed by atoms with van der Waals surface area (Å²) in [5.74, 6) is -0.203. The molecule has 0 aliphatic carbocycles. The van der Waals surface area contributed by atoms with Gasteiger partial charge in [-0.05, 0) is 35.8 Å². The molecule has 0 aliphatic heterocycles. The average molecular weight is 301 g/mol. The maximum atomic E-state index is 12.1. The van der Waals surface area contributed by atoms with Gasteiger partial charge in [0, 0.05) is 29.7 Å². The van der Waals surface area contributed by atoms with E-state index in [0.717, 1.165) is 0 Å². The second-order valence-corrected chi connectivity index (χ2v) is 4.25. The molecule has 1 aromatic rings. The molecule has 92 valence electrons. The predicted molar refractivity (Wildman–Crippen MR) is 68.0 cm³/mol. The number of benzene rings is 1. The van der Waals surface area contributed by atoms with Crippen LogP contribution in [0.25, 0.3) is 0 Å². The predicted octanol–water partition coefficient (Wildman–Crippen LogP) is 2.84. The molecule has 6 heteroatoms. The van der Waals surface area contributed by atoms with Gasteiger partial charge in [-0.25, -0.2) is 0 Å². The molecule has 17 heavy (non-hydrogen) atoms. The van der Waals surface area contributed by atoms with Crippen LogP contribution in [0.3, 0.4) is 0 Å². The number of amides is 1. The molecule has 0 heterocycles. The number of nitro benzene ring substituents is 1. The summed E-state index contributed by atoms with van der Waals surface area (Å²) in [6, 6.07) is 4.18. The van der Waals surface area contributed by atoms with E-state index >= 15 is 0 Å². The summed E-state index contributed by atoms with van der Waals surface area (Å²) in [6.45, 7) is 4.88. The number of hydrogen-bond acceptors (Lipinski definition) is 3. The van der Waals surface area contributed by atoms with E-state index in [2.05, 4.69) is 15.9 Å². The van der Waals surface area contributed by atoms with Crippen LogP contribution in [0.15, 0.2) is 22.7 Å². The molecule has 0 N–H and O–H groups in total. The molecule has 0 radical (unpaired) electrons. The summed E-state index contributed by atoms with van der Waals surface area (Å²) in [6.07, 6.45) is 0. The lowest BCUT2D eigenvalue weighted by atomic mass is 10.1. The third kappa shape index (κ3) is 3.03. The molecular weight excluding hydrogens is 288 g/mol. The molecule has 0 aromatic heterocycles. The number of rotatable bonds is 4. The van der Waals surface area contributed by atoms with Crippen molar-refractivity contribution in [1.82, 2.24) is 4.90 Å². The van der Waals surface area contributed by atoms with Crippen molar-refractivity contribution >= 4 is 27.5 Å². The molecule has 0 saturated heterocycles. The zero-order valence-electron chi connectivity index (χ0n) is 9.64. The van der Waals surface area contributed by atoms with Crippen molar-refractivity contribution in [2.75, 3.05) is 13.1 Å². The molecule has 5 nitrogen and oxygen atoms in total. The lowest BCUT2D eigenvalue weighted by Crippen LogP contribution is -2.30. The van der Waals surface area contributed by atoms with Gasteiger partial charge < -0.3 is 4.90 Å². The number of carbonyl (C=O) groups excluding carboxylic acids is 1.